The number of carbonyl (C=O) groups is 1. The van der Waals surface area contributed by atoms with Gasteiger partial charge in [0, 0.05) is 12.2 Å². The molecule has 2 aromatic rings. The minimum atomic E-state index is -0.386. The van der Waals surface area contributed by atoms with Gasteiger partial charge in [-0.05, 0) is 66.8 Å². The highest BCUT2D eigenvalue weighted by Gasteiger charge is 2.14. The Bertz CT molecular complexity index is 792. The van der Waals surface area contributed by atoms with E-state index in [-0.39, 0.29) is 24.0 Å². The molecule has 0 bridgehead atoms. The Kier molecular flexibility index (Phi) is 5.89. The average molecular weight is 356 g/mol. The fourth-order valence-electron chi connectivity index (χ4n) is 3.40. The number of hydrogen-bond acceptors (Lipinski definition) is 3. The van der Waals surface area contributed by atoms with Crippen LogP contribution in [0.3, 0.4) is 0 Å². The highest BCUT2D eigenvalue weighted by Crippen LogP contribution is 2.25. The summed E-state index contributed by atoms with van der Waals surface area (Å²) in [4.78, 5) is 14.4. The van der Waals surface area contributed by atoms with Gasteiger partial charge in [0.15, 0.2) is 11.6 Å². The van der Waals surface area contributed by atoms with E-state index < -0.39 is 0 Å². The summed E-state index contributed by atoms with van der Waals surface area (Å²) < 4.78 is 18.8. The summed E-state index contributed by atoms with van der Waals surface area (Å²) in [6, 6.07) is 11.0. The maximum atomic E-state index is 13.8. The molecule has 0 aliphatic heterocycles. The molecule has 1 aliphatic carbocycles. The molecule has 0 saturated carbocycles. The van der Waals surface area contributed by atoms with Gasteiger partial charge < -0.3 is 10.1 Å². The van der Waals surface area contributed by atoms with Crippen molar-refractivity contribution >= 4 is 11.6 Å². The van der Waals surface area contributed by atoms with Gasteiger partial charge in [-0.25, -0.2) is 4.39 Å². The third kappa shape index (κ3) is 4.41. The molecule has 0 atom stereocenters. The number of ether oxygens (including phenoxy) is 1. The molecule has 0 fully saturated rings. The minimum absolute atomic E-state index is 0.0567. The Hall–Kier alpha value is -2.40. The molecule has 5 heteroatoms. The van der Waals surface area contributed by atoms with E-state index in [9.17, 15) is 9.18 Å². The topological polar surface area (TPSA) is 41.6 Å². The lowest BCUT2D eigenvalue weighted by Gasteiger charge is -2.20. The molecule has 0 spiro atoms. The van der Waals surface area contributed by atoms with Crippen molar-refractivity contribution in [1.29, 1.82) is 0 Å². The van der Waals surface area contributed by atoms with Crippen molar-refractivity contribution in [2.45, 2.75) is 32.7 Å². The van der Waals surface area contributed by atoms with E-state index in [4.69, 9.17) is 4.74 Å². The number of carbonyl (C=O) groups excluding carboxylic acids is 1. The smallest absolute Gasteiger partial charge is 0.238 e. The van der Waals surface area contributed by atoms with Crippen LogP contribution in [0.4, 0.5) is 10.1 Å². The van der Waals surface area contributed by atoms with Crippen molar-refractivity contribution in [1.82, 2.24) is 4.90 Å². The summed E-state index contributed by atoms with van der Waals surface area (Å²) in [6.07, 6.45) is 3.41. The molecule has 0 unspecified atom stereocenters. The molecule has 1 amide bonds. The van der Waals surface area contributed by atoms with Crippen LogP contribution >= 0.6 is 0 Å². The summed E-state index contributed by atoms with van der Waals surface area (Å²) >= 11 is 0. The second-order valence-electron chi connectivity index (χ2n) is 6.66. The number of likely N-dealkylation sites (N-methyl/N-ethyl adjacent to an activating group) is 1. The zero-order valence-corrected chi connectivity index (χ0v) is 15.3. The molecule has 0 aromatic heterocycles. The number of aryl methyl sites for hydroxylation is 2. The quantitative estimate of drug-likeness (QED) is 0.821. The lowest BCUT2D eigenvalue weighted by Crippen LogP contribution is -2.32. The van der Waals surface area contributed by atoms with Gasteiger partial charge in [-0.15, -0.1) is 0 Å². The van der Waals surface area contributed by atoms with Crippen LogP contribution in [0.2, 0.25) is 0 Å². The second-order valence-corrected chi connectivity index (χ2v) is 6.66. The van der Waals surface area contributed by atoms with Crippen LogP contribution in [0.15, 0.2) is 36.4 Å². The third-order valence-corrected chi connectivity index (χ3v) is 4.82. The first-order valence-electron chi connectivity index (χ1n) is 9.05. The van der Waals surface area contributed by atoms with Crippen LogP contribution in [0, 0.1) is 5.82 Å². The van der Waals surface area contributed by atoms with Crippen molar-refractivity contribution in [2.24, 2.45) is 0 Å². The predicted octanol–water partition coefficient (Wildman–Crippen LogP) is 3.78. The van der Waals surface area contributed by atoms with Crippen LogP contribution in [0.1, 0.15) is 30.0 Å². The van der Waals surface area contributed by atoms with Crippen molar-refractivity contribution in [2.75, 3.05) is 25.5 Å². The highest BCUT2D eigenvalue weighted by molar-refractivity contribution is 5.92. The summed E-state index contributed by atoms with van der Waals surface area (Å²) in [7, 11) is 1.44. The number of amides is 1. The number of halogens is 1. The largest absolute Gasteiger partial charge is 0.494 e. The molecule has 26 heavy (non-hydrogen) atoms. The molecule has 0 saturated heterocycles. The predicted molar refractivity (Wildman–Crippen MR) is 101 cm³/mol. The van der Waals surface area contributed by atoms with Crippen molar-refractivity contribution in [3.8, 4) is 5.75 Å². The number of nitrogens with one attached hydrogen (secondary N) is 1. The van der Waals surface area contributed by atoms with Crippen molar-refractivity contribution in [3.63, 3.8) is 0 Å². The normalized spacial score (nSPS) is 12.9. The first-order valence-corrected chi connectivity index (χ1v) is 9.05. The second kappa shape index (κ2) is 8.32. The van der Waals surface area contributed by atoms with Crippen molar-refractivity contribution in [3.05, 3.63) is 58.9 Å². The number of anilines is 1. The Labute approximate surface area is 154 Å². The SMILES string of the molecule is CCN(CC(=O)Nc1ccc2c(c1)CCC2)Cc1ccc(OC)c(F)c1. The molecular formula is C21H25FN2O2. The summed E-state index contributed by atoms with van der Waals surface area (Å²) in [6.45, 7) is 3.46. The Morgan fingerprint density at radius 1 is 1.19 bits per heavy atom. The van der Waals surface area contributed by atoms with E-state index in [0.717, 1.165) is 24.1 Å². The van der Waals surface area contributed by atoms with Gasteiger partial charge in [-0.2, -0.15) is 0 Å². The minimum Gasteiger partial charge on any atom is -0.494 e. The van der Waals surface area contributed by atoms with E-state index in [1.807, 2.05) is 24.0 Å². The summed E-state index contributed by atoms with van der Waals surface area (Å²) in [5.41, 5.74) is 4.39. The monoisotopic (exact) mass is 356 g/mol. The molecule has 2 aromatic carbocycles. The number of nitrogens with zero attached hydrogens (tertiary/aromatic N) is 1. The fourth-order valence-corrected chi connectivity index (χ4v) is 3.40. The van der Waals surface area contributed by atoms with Gasteiger partial charge in [0.25, 0.3) is 0 Å². The lowest BCUT2D eigenvalue weighted by atomic mass is 10.1. The number of benzene rings is 2. The molecule has 0 radical (unpaired) electrons. The molecule has 4 nitrogen and oxygen atoms in total. The zero-order valence-electron chi connectivity index (χ0n) is 15.3. The molecule has 3 rings (SSSR count). The first kappa shape index (κ1) is 18.4. The number of fused-ring (bicyclic) bond motifs is 1. The van der Waals surface area contributed by atoms with Crippen LogP contribution in [-0.4, -0.2) is 31.0 Å². The molecule has 138 valence electrons. The van der Waals surface area contributed by atoms with Gasteiger partial charge in [-0.1, -0.05) is 19.1 Å². The lowest BCUT2D eigenvalue weighted by molar-refractivity contribution is -0.117. The van der Waals surface area contributed by atoms with Crippen LogP contribution in [0.5, 0.6) is 5.75 Å². The number of rotatable bonds is 7. The maximum absolute atomic E-state index is 13.8. The van der Waals surface area contributed by atoms with E-state index in [2.05, 4.69) is 17.4 Å². The number of hydrogen-bond donors (Lipinski definition) is 1. The standard InChI is InChI=1S/C21H25FN2O2/c1-3-24(13-15-7-10-20(26-2)19(22)11-15)14-21(25)23-18-9-8-16-5-4-6-17(16)12-18/h7-12H,3-6,13-14H2,1-2H3,(H,23,25). The zero-order chi connectivity index (χ0) is 18.5. The van der Waals surface area contributed by atoms with E-state index in [1.165, 1.54) is 30.7 Å². The number of methoxy groups -OCH3 is 1. The van der Waals surface area contributed by atoms with Gasteiger partial charge in [0.05, 0.1) is 13.7 Å². The maximum Gasteiger partial charge on any atom is 0.238 e. The first-order chi connectivity index (χ1) is 12.6. The molecular weight excluding hydrogens is 331 g/mol. The Morgan fingerprint density at radius 2 is 2.00 bits per heavy atom. The third-order valence-electron chi connectivity index (χ3n) is 4.82. The van der Waals surface area contributed by atoms with E-state index in [0.29, 0.717) is 13.1 Å². The average Bonchev–Trinajstić information content (AvgIpc) is 3.09. The van der Waals surface area contributed by atoms with Gasteiger partial charge >= 0.3 is 0 Å². The molecule has 0 heterocycles. The van der Waals surface area contributed by atoms with Gasteiger partial charge in [0.1, 0.15) is 0 Å². The van der Waals surface area contributed by atoms with E-state index >= 15 is 0 Å². The summed E-state index contributed by atoms with van der Waals surface area (Å²) in [5.74, 6) is -0.214. The van der Waals surface area contributed by atoms with Gasteiger partial charge in [0.2, 0.25) is 5.91 Å². The Balaban J connectivity index is 1.59. The fraction of sp³-hybridized carbons (Fsp3) is 0.381. The Morgan fingerprint density at radius 3 is 2.73 bits per heavy atom. The molecule has 1 N–H and O–H groups in total. The molecule has 1 aliphatic rings. The van der Waals surface area contributed by atoms with E-state index in [1.54, 1.807) is 6.07 Å². The van der Waals surface area contributed by atoms with Crippen LogP contribution in [-0.2, 0) is 24.2 Å². The van der Waals surface area contributed by atoms with Crippen molar-refractivity contribution < 1.29 is 13.9 Å². The van der Waals surface area contributed by atoms with Crippen LogP contribution < -0.4 is 10.1 Å². The highest BCUT2D eigenvalue weighted by atomic mass is 19.1. The van der Waals surface area contributed by atoms with Gasteiger partial charge in [-0.3, -0.25) is 9.69 Å². The summed E-state index contributed by atoms with van der Waals surface area (Å²) in [5, 5.41) is 2.98. The van der Waals surface area contributed by atoms with Crippen LogP contribution in [0.25, 0.3) is 0 Å².